The lowest BCUT2D eigenvalue weighted by molar-refractivity contribution is -0.140. The number of benzene rings is 1. The van der Waals surface area contributed by atoms with E-state index in [2.05, 4.69) is 4.98 Å². The van der Waals surface area contributed by atoms with Crippen molar-refractivity contribution in [3.05, 3.63) is 53.4 Å². The molecule has 1 aromatic heterocycles. The summed E-state index contributed by atoms with van der Waals surface area (Å²) in [6, 6.07) is 2.58. The van der Waals surface area contributed by atoms with Gasteiger partial charge in [0.15, 0.2) is 5.82 Å². The summed E-state index contributed by atoms with van der Waals surface area (Å²) < 4.78 is 52.7. The highest BCUT2D eigenvalue weighted by molar-refractivity contribution is 6.07. The van der Waals surface area contributed by atoms with E-state index >= 15 is 0 Å². The van der Waals surface area contributed by atoms with Crippen molar-refractivity contribution in [3.8, 4) is 0 Å². The van der Waals surface area contributed by atoms with Gasteiger partial charge in [-0.3, -0.25) is 4.79 Å². The second kappa shape index (κ2) is 4.49. The van der Waals surface area contributed by atoms with Gasteiger partial charge in [-0.1, -0.05) is 6.07 Å². The molecule has 0 saturated heterocycles. The number of alkyl halides is 3. The normalized spacial score (nSPS) is 11.6. The zero-order chi connectivity index (χ0) is 14.2. The second-order valence-electron chi connectivity index (χ2n) is 3.86. The molecule has 0 spiro atoms. The molecule has 0 aliphatic heterocycles. The van der Waals surface area contributed by atoms with Crippen molar-refractivity contribution in [2.45, 2.75) is 6.18 Å². The molecule has 19 heavy (non-hydrogen) atoms. The molecule has 0 amide bonds. The molecule has 0 saturated carbocycles. The smallest absolute Gasteiger partial charge is 0.331 e. The molecule has 2 rings (SSSR count). The zero-order valence-electron chi connectivity index (χ0n) is 9.70. The Bertz CT molecular complexity index is 631. The van der Waals surface area contributed by atoms with E-state index in [0.29, 0.717) is 6.07 Å². The lowest BCUT2D eigenvalue weighted by Crippen LogP contribution is -2.15. The number of halogens is 4. The van der Waals surface area contributed by atoms with Crippen molar-refractivity contribution in [1.29, 1.82) is 0 Å². The number of carbonyl (C=O) groups excluding carboxylic acids is 1. The van der Waals surface area contributed by atoms with E-state index in [1.165, 1.54) is 24.0 Å². The van der Waals surface area contributed by atoms with Gasteiger partial charge in [0.2, 0.25) is 5.78 Å². The summed E-state index contributed by atoms with van der Waals surface area (Å²) >= 11 is 0. The van der Waals surface area contributed by atoms with Gasteiger partial charge in [0.1, 0.15) is 5.82 Å². The highest BCUT2D eigenvalue weighted by Crippen LogP contribution is 2.32. The average molecular weight is 272 g/mol. The van der Waals surface area contributed by atoms with E-state index in [4.69, 9.17) is 0 Å². The van der Waals surface area contributed by atoms with Crippen molar-refractivity contribution >= 4 is 5.78 Å². The maximum atomic E-state index is 13.8. The number of rotatable bonds is 2. The van der Waals surface area contributed by atoms with Gasteiger partial charge in [0, 0.05) is 19.4 Å². The minimum absolute atomic E-state index is 0.127. The molecule has 0 aliphatic carbocycles. The molecule has 0 unspecified atom stereocenters. The van der Waals surface area contributed by atoms with Crippen molar-refractivity contribution in [2.24, 2.45) is 7.05 Å². The predicted octanol–water partition coefficient (Wildman–Crippen LogP) is 2.81. The number of aromatic nitrogens is 2. The van der Waals surface area contributed by atoms with E-state index < -0.39 is 28.9 Å². The van der Waals surface area contributed by atoms with Crippen LogP contribution in [0.2, 0.25) is 0 Å². The van der Waals surface area contributed by atoms with Crippen molar-refractivity contribution in [2.75, 3.05) is 0 Å². The fourth-order valence-corrected chi connectivity index (χ4v) is 1.63. The van der Waals surface area contributed by atoms with Gasteiger partial charge in [-0.15, -0.1) is 0 Å². The minimum Gasteiger partial charge on any atom is -0.331 e. The number of ketones is 1. The van der Waals surface area contributed by atoms with Crippen LogP contribution in [0.3, 0.4) is 0 Å². The Morgan fingerprint density at radius 1 is 1.32 bits per heavy atom. The van der Waals surface area contributed by atoms with Crippen LogP contribution < -0.4 is 0 Å². The van der Waals surface area contributed by atoms with E-state index in [-0.39, 0.29) is 5.82 Å². The topological polar surface area (TPSA) is 34.9 Å². The third-order valence-electron chi connectivity index (χ3n) is 2.57. The molecular weight excluding hydrogens is 264 g/mol. The number of imidazole rings is 1. The van der Waals surface area contributed by atoms with Gasteiger partial charge in [0.05, 0.1) is 11.1 Å². The first-order chi connectivity index (χ1) is 8.82. The highest BCUT2D eigenvalue weighted by atomic mass is 19.4. The number of carbonyl (C=O) groups is 1. The quantitative estimate of drug-likeness (QED) is 0.622. The van der Waals surface area contributed by atoms with E-state index in [9.17, 15) is 22.4 Å². The van der Waals surface area contributed by atoms with Gasteiger partial charge >= 0.3 is 6.18 Å². The highest BCUT2D eigenvalue weighted by Gasteiger charge is 2.36. The van der Waals surface area contributed by atoms with Gasteiger partial charge in [-0.2, -0.15) is 13.2 Å². The molecule has 0 radical (unpaired) electrons. The first-order valence-electron chi connectivity index (χ1n) is 5.20. The molecule has 0 N–H and O–H groups in total. The van der Waals surface area contributed by atoms with E-state index in [1.54, 1.807) is 0 Å². The summed E-state index contributed by atoms with van der Waals surface area (Å²) in [5.74, 6) is -2.60. The van der Waals surface area contributed by atoms with Crippen LogP contribution in [0.1, 0.15) is 21.7 Å². The molecule has 0 fully saturated rings. The maximum Gasteiger partial charge on any atom is 0.419 e. The average Bonchev–Trinajstić information content (AvgIpc) is 2.73. The van der Waals surface area contributed by atoms with Gasteiger partial charge in [-0.25, -0.2) is 9.37 Å². The Morgan fingerprint density at radius 3 is 2.53 bits per heavy atom. The summed E-state index contributed by atoms with van der Waals surface area (Å²) in [5, 5.41) is 0. The molecule has 1 aromatic carbocycles. The monoisotopic (exact) mass is 272 g/mol. The lowest BCUT2D eigenvalue weighted by atomic mass is 10.1. The summed E-state index contributed by atoms with van der Waals surface area (Å²) in [7, 11) is 1.49. The van der Waals surface area contributed by atoms with Crippen LogP contribution in [0.5, 0.6) is 0 Å². The molecule has 1 heterocycles. The maximum absolute atomic E-state index is 13.8. The lowest BCUT2D eigenvalue weighted by Gasteiger charge is -2.10. The number of aryl methyl sites for hydroxylation is 1. The Hall–Kier alpha value is -2.18. The van der Waals surface area contributed by atoms with Gasteiger partial charge in [0.25, 0.3) is 0 Å². The fourth-order valence-electron chi connectivity index (χ4n) is 1.63. The fraction of sp³-hybridized carbons (Fsp3) is 0.167. The molecule has 100 valence electrons. The van der Waals surface area contributed by atoms with Crippen LogP contribution in [0, 0.1) is 5.82 Å². The van der Waals surface area contributed by atoms with Gasteiger partial charge in [-0.05, 0) is 12.1 Å². The molecule has 0 aliphatic rings. The van der Waals surface area contributed by atoms with Crippen molar-refractivity contribution in [3.63, 3.8) is 0 Å². The molecule has 3 nitrogen and oxygen atoms in total. The Morgan fingerprint density at radius 2 is 2.00 bits per heavy atom. The summed E-state index contributed by atoms with van der Waals surface area (Å²) in [6.45, 7) is 0. The third kappa shape index (κ3) is 2.35. The Balaban J connectivity index is 2.53. The van der Waals surface area contributed by atoms with Gasteiger partial charge < -0.3 is 4.57 Å². The Kier molecular flexibility index (Phi) is 3.13. The number of hydrogen-bond donors (Lipinski definition) is 0. The second-order valence-corrected chi connectivity index (χ2v) is 3.86. The predicted molar refractivity (Wildman–Crippen MR) is 58.0 cm³/mol. The first kappa shape index (κ1) is 13.3. The van der Waals surface area contributed by atoms with Crippen molar-refractivity contribution in [1.82, 2.24) is 9.55 Å². The summed E-state index contributed by atoms with van der Waals surface area (Å²) in [6.07, 6.45) is -2.10. The number of nitrogens with zero attached hydrogens (tertiary/aromatic N) is 2. The van der Waals surface area contributed by atoms with Crippen LogP contribution in [0.25, 0.3) is 0 Å². The van der Waals surface area contributed by atoms with E-state index in [0.717, 1.165) is 12.1 Å². The minimum atomic E-state index is -4.85. The van der Waals surface area contributed by atoms with Crippen LogP contribution in [0.4, 0.5) is 17.6 Å². The van der Waals surface area contributed by atoms with Crippen LogP contribution in [0.15, 0.2) is 30.6 Å². The standard InChI is InChI=1S/C12H8F4N2O/c1-18-6-5-17-11(18)10(19)7-3-2-4-8(9(7)13)12(14,15)16/h2-6H,1H3. The molecular formula is C12H8F4N2O. The molecule has 0 atom stereocenters. The molecule has 7 heteroatoms. The van der Waals surface area contributed by atoms with Crippen LogP contribution in [-0.2, 0) is 13.2 Å². The third-order valence-corrected chi connectivity index (χ3v) is 2.57. The van der Waals surface area contributed by atoms with Crippen LogP contribution in [-0.4, -0.2) is 15.3 Å². The summed E-state index contributed by atoms with van der Waals surface area (Å²) in [4.78, 5) is 15.6. The van der Waals surface area contributed by atoms with E-state index in [1.807, 2.05) is 0 Å². The Labute approximate surface area is 105 Å². The molecule has 2 aromatic rings. The van der Waals surface area contributed by atoms with Crippen LogP contribution >= 0.6 is 0 Å². The molecule has 0 bridgehead atoms. The van der Waals surface area contributed by atoms with Crippen molar-refractivity contribution < 1.29 is 22.4 Å². The zero-order valence-corrected chi connectivity index (χ0v) is 9.70. The SMILES string of the molecule is Cn1ccnc1C(=O)c1cccc(C(F)(F)F)c1F. The summed E-state index contributed by atoms with van der Waals surface area (Å²) in [5.41, 5.74) is -2.11. The largest absolute Gasteiger partial charge is 0.419 e. The number of hydrogen-bond acceptors (Lipinski definition) is 2. The first-order valence-corrected chi connectivity index (χ1v) is 5.20.